The summed E-state index contributed by atoms with van der Waals surface area (Å²) in [5, 5.41) is 5.62. The van der Waals surface area contributed by atoms with E-state index in [1.165, 1.54) is 16.7 Å². The number of benzene rings is 4. The Hall–Kier alpha value is -4.95. The Balaban J connectivity index is 1.26. The standard InChI is InChI=1S/C33H27N3O4S/c1-22-14-16-23(17-15-22)20-29(35-30(37)24-8-3-2-4-9-24)31(38)34-25-10-7-11-26(21-25)41-19-18-36-32(39)27-12-5-6-13-28(27)33(36)40/h2-17,20-21H,18-19H2,1H3,(H,34,38)(H,35,37)/b29-20+. The number of carbonyl (C=O) groups excluding carboxylic acids is 4. The molecule has 41 heavy (non-hydrogen) atoms. The number of fused-ring (bicyclic) bond motifs is 1. The SMILES string of the molecule is Cc1ccc(/C=C(/NC(=O)c2ccccc2)C(=O)Nc2cccc(SCCN3C(=O)c4ccccc4C3=O)c2)cc1. The second-order valence-corrected chi connectivity index (χ2v) is 10.6. The molecule has 0 fully saturated rings. The largest absolute Gasteiger partial charge is 0.321 e. The van der Waals surface area contributed by atoms with Crippen LogP contribution in [0.2, 0.25) is 0 Å². The Labute approximate surface area is 242 Å². The summed E-state index contributed by atoms with van der Waals surface area (Å²) in [4.78, 5) is 53.6. The zero-order chi connectivity index (χ0) is 28.8. The first-order valence-electron chi connectivity index (χ1n) is 13.0. The molecule has 0 bridgehead atoms. The average molecular weight is 562 g/mol. The molecule has 0 saturated carbocycles. The number of rotatable bonds is 9. The number of hydrogen-bond acceptors (Lipinski definition) is 5. The molecule has 204 valence electrons. The quantitative estimate of drug-likeness (QED) is 0.153. The highest BCUT2D eigenvalue weighted by atomic mass is 32.2. The van der Waals surface area contributed by atoms with Gasteiger partial charge in [-0.1, -0.05) is 66.2 Å². The molecule has 0 aromatic heterocycles. The molecule has 1 aliphatic rings. The van der Waals surface area contributed by atoms with Crippen molar-refractivity contribution in [1.82, 2.24) is 10.2 Å². The summed E-state index contributed by atoms with van der Waals surface area (Å²) in [5.74, 6) is -0.927. The maximum atomic E-state index is 13.3. The van der Waals surface area contributed by atoms with Crippen LogP contribution >= 0.6 is 11.8 Å². The van der Waals surface area contributed by atoms with E-state index < -0.39 is 11.8 Å². The Bertz CT molecular complexity index is 1610. The molecule has 0 radical (unpaired) electrons. The van der Waals surface area contributed by atoms with Crippen LogP contribution in [0.25, 0.3) is 6.08 Å². The highest BCUT2D eigenvalue weighted by Crippen LogP contribution is 2.26. The van der Waals surface area contributed by atoms with Crippen LogP contribution in [0.3, 0.4) is 0 Å². The molecule has 0 atom stereocenters. The first-order valence-corrected chi connectivity index (χ1v) is 14.0. The third-order valence-electron chi connectivity index (χ3n) is 6.47. The Morgan fingerprint density at radius 2 is 1.46 bits per heavy atom. The van der Waals surface area contributed by atoms with E-state index in [1.54, 1.807) is 60.7 Å². The minimum absolute atomic E-state index is 0.103. The lowest BCUT2D eigenvalue weighted by Gasteiger charge is -2.14. The van der Waals surface area contributed by atoms with Gasteiger partial charge in [0, 0.05) is 28.4 Å². The van der Waals surface area contributed by atoms with Gasteiger partial charge >= 0.3 is 0 Å². The Kier molecular flexibility index (Phi) is 8.41. The van der Waals surface area contributed by atoms with Gasteiger partial charge in [-0.3, -0.25) is 24.1 Å². The molecule has 2 N–H and O–H groups in total. The van der Waals surface area contributed by atoms with E-state index in [1.807, 2.05) is 55.5 Å². The first kappa shape index (κ1) is 27.6. The predicted molar refractivity (Wildman–Crippen MR) is 161 cm³/mol. The van der Waals surface area contributed by atoms with E-state index in [9.17, 15) is 19.2 Å². The van der Waals surface area contributed by atoms with Crippen LogP contribution in [0.4, 0.5) is 5.69 Å². The number of nitrogens with zero attached hydrogens (tertiary/aromatic N) is 1. The molecule has 0 aliphatic carbocycles. The second-order valence-electron chi connectivity index (χ2n) is 9.43. The van der Waals surface area contributed by atoms with E-state index in [2.05, 4.69) is 10.6 Å². The lowest BCUT2D eigenvalue weighted by molar-refractivity contribution is -0.113. The fraction of sp³-hybridized carbons (Fsp3) is 0.0909. The summed E-state index contributed by atoms with van der Waals surface area (Å²) in [6, 6.07) is 30.4. The normalized spacial score (nSPS) is 12.7. The van der Waals surface area contributed by atoms with Gasteiger partial charge < -0.3 is 10.6 Å². The van der Waals surface area contributed by atoms with Gasteiger partial charge in [0.2, 0.25) is 0 Å². The first-order chi connectivity index (χ1) is 19.9. The van der Waals surface area contributed by atoms with Crippen LogP contribution in [0.15, 0.2) is 114 Å². The van der Waals surface area contributed by atoms with Crippen molar-refractivity contribution in [2.24, 2.45) is 0 Å². The van der Waals surface area contributed by atoms with E-state index in [0.29, 0.717) is 28.1 Å². The fourth-order valence-electron chi connectivity index (χ4n) is 4.33. The van der Waals surface area contributed by atoms with Gasteiger partial charge in [-0.15, -0.1) is 11.8 Å². The van der Waals surface area contributed by atoms with Crippen molar-refractivity contribution in [2.75, 3.05) is 17.6 Å². The van der Waals surface area contributed by atoms with E-state index in [4.69, 9.17) is 0 Å². The molecular formula is C33H27N3O4S. The summed E-state index contributed by atoms with van der Waals surface area (Å²) in [6.07, 6.45) is 1.64. The van der Waals surface area contributed by atoms with Crippen LogP contribution in [0.5, 0.6) is 0 Å². The number of aryl methyl sites for hydroxylation is 1. The smallest absolute Gasteiger partial charge is 0.272 e. The number of amides is 4. The molecule has 8 heteroatoms. The van der Waals surface area contributed by atoms with Crippen LogP contribution in [-0.2, 0) is 4.79 Å². The summed E-state index contributed by atoms with van der Waals surface area (Å²) >= 11 is 1.47. The van der Waals surface area contributed by atoms with E-state index in [-0.39, 0.29) is 24.1 Å². The summed E-state index contributed by atoms with van der Waals surface area (Å²) in [6.45, 7) is 2.24. The molecule has 0 unspecified atom stereocenters. The maximum Gasteiger partial charge on any atom is 0.272 e. The third-order valence-corrected chi connectivity index (χ3v) is 7.44. The van der Waals surface area contributed by atoms with Gasteiger partial charge in [0.05, 0.1) is 11.1 Å². The number of hydrogen-bond donors (Lipinski definition) is 2. The van der Waals surface area contributed by atoms with Crippen LogP contribution < -0.4 is 10.6 Å². The monoisotopic (exact) mass is 561 g/mol. The number of nitrogens with one attached hydrogen (secondary N) is 2. The van der Waals surface area contributed by atoms with Gasteiger partial charge in [-0.05, 0) is 61.0 Å². The van der Waals surface area contributed by atoms with Crippen molar-refractivity contribution < 1.29 is 19.2 Å². The molecular weight excluding hydrogens is 534 g/mol. The zero-order valence-electron chi connectivity index (χ0n) is 22.3. The van der Waals surface area contributed by atoms with Crippen LogP contribution in [-0.4, -0.2) is 40.8 Å². The minimum Gasteiger partial charge on any atom is -0.321 e. The average Bonchev–Trinajstić information content (AvgIpc) is 3.23. The number of anilines is 1. The zero-order valence-corrected chi connectivity index (χ0v) is 23.1. The van der Waals surface area contributed by atoms with Gasteiger partial charge in [0.1, 0.15) is 5.70 Å². The molecule has 1 heterocycles. The summed E-state index contributed by atoms with van der Waals surface area (Å²) < 4.78 is 0. The Morgan fingerprint density at radius 3 is 2.15 bits per heavy atom. The fourth-order valence-corrected chi connectivity index (χ4v) is 5.23. The molecule has 0 saturated heterocycles. The van der Waals surface area contributed by atoms with Crippen molar-refractivity contribution in [1.29, 1.82) is 0 Å². The molecule has 1 aliphatic heterocycles. The second kappa shape index (κ2) is 12.5. The molecule has 4 amide bonds. The van der Waals surface area contributed by atoms with E-state index in [0.717, 1.165) is 16.0 Å². The maximum absolute atomic E-state index is 13.3. The van der Waals surface area contributed by atoms with Crippen molar-refractivity contribution in [3.8, 4) is 0 Å². The van der Waals surface area contributed by atoms with Crippen LogP contribution in [0, 0.1) is 6.92 Å². The van der Waals surface area contributed by atoms with Crippen molar-refractivity contribution >= 4 is 47.2 Å². The molecule has 4 aromatic rings. The predicted octanol–water partition coefficient (Wildman–Crippen LogP) is 5.79. The van der Waals surface area contributed by atoms with Gasteiger partial charge in [-0.2, -0.15) is 0 Å². The Morgan fingerprint density at radius 1 is 0.805 bits per heavy atom. The highest BCUT2D eigenvalue weighted by molar-refractivity contribution is 7.99. The summed E-state index contributed by atoms with van der Waals surface area (Å²) in [5.41, 5.74) is 3.80. The van der Waals surface area contributed by atoms with Crippen molar-refractivity contribution in [3.63, 3.8) is 0 Å². The van der Waals surface area contributed by atoms with Crippen molar-refractivity contribution in [3.05, 3.63) is 137 Å². The highest BCUT2D eigenvalue weighted by Gasteiger charge is 2.34. The van der Waals surface area contributed by atoms with Gasteiger partial charge in [0.15, 0.2) is 0 Å². The van der Waals surface area contributed by atoms with Gasteiger partial charge in [-0.25, -0.2) is 0 Å². The number of imide groups is 1. The lowest BCUT2D eigenvalue weighted by atomic mass is 10.1. The topological polar surface area (TPSA) is 95.6 Å². The molecule has 7 nitrogen and oxygen atoms in total. The number of carbonyl (C=O) groups is 4. The van der Waals surface area contributed by atoms with E-state index >= 15 is 0 Å². The molecule has 5 rings (SSSR count). The lowest BCUT2D eigenvalue weighted by Crippen LogP contribution is -2.31. The third kappa shape index (κ3) is 6.62. The minimum atomic E-state index is -0.469. The van der Waals surface area contributed by atoms with Gasteiger partial charge in [0.25, 0.3) is 23.6 Å². The number of thioether (sulfide) groups is 1. The van der Waals surface area contributed by atoms with Crippen LogP contribution in [0.1, 0.15) is 42.2 Å². The summed E-state index contributed by atoms with van der Waals surface area (Å²) in [7, 11) is 0. The molecule has 4 aromatic carbocycles. The van der Waals surface area contributed by atoms with Crippen molar-refractivity contribution in [2.45, 2.75) is 11.8 Å². The molecule has 0 spiro atoms.